The predicted molar refractivity (Wildman–Crippen MR) is 71.2 cm³/mol. The molecule has 0 aromatic carbocycles. The maximum Gasteiger partial charge on any atom is 0.257 e. The molecular formula is C10H11BrClN3O3. The first kappa shape index (κ1) is 14.7. The van der Waals surface area contributed by atoms with Crippen LogP contribution in [0.1, 0.15) is 6.92 Å². The van der Waals surface area contributed by atoms with Crippen molar-refractivity contribution < 1.29 is 9.66 Å². The van der Waals surface area contributed by atoms with Gasteiger partial charge in [0.1, 0.15) is 22.7 Å². The highest BCUT2D eigenvalue weighted by atomic mass is 79.9. The van der Waals surface area contributed by atoms with Gasteiger partial charge in [-0.25, -0.2) is 4.98 Å². The Morgan fingerprint density at radius 3 is 2.94 bits per heavy atom. The lowest BCUT2D eigenvalue weighted by atomic mass is 10.3. The molecule has 1 aromatic rings. The molecule has 0 aliphatic rings. The average Bonchev–Trinajstić information content (AvgIpc) is 2.30. The topological polar surface area (TPSA) is 77.3 Å². The van der Waals surface area contributed by atoms with Crippen molar-refractivity contribution in [3.05, 3.63) is 43.9 Å². The van der Waals surface area contributed by atoms with Gasteiger partial charge in [-0.05, 0) is 28.9 Å². The Balaban J connectivity index is 2.82. The summed E-state index contributed by atoms with van der Waals surface area (Å²) in [6, 6.07) is 1.64. The highest BCUT2D eigenvalue weighted by molar-refractivity contribution is 9.10. The number of rotatable bonds is 5. The van der Waals surface area contributed by atoms with Gasteiger partial charge in [-0.15, -0.1) is 0 Å². The van der Waals surface area contributed by atoms with Gasteiger partial charge in [0, 0.05) is 7.05 Å². The molecule has 1 heterocycles. The van der Waals surface area contributed by atoms with Crippen molar-refractivity contribution in [2.75, 3.05) is 7.05 Å². The van der Waals surface area contributed by atoms with E-state index in [1.165, 1.54) is 6.20 Å². The highest BCUT2D eigenvalue weighted by Crippen LogP contribution is 2.25. The van der Waals surface area contributed by atoms with Crippen molar-refractivity contribution in [3.63, 3.8) is 0 Å². The molecule has 0 aliphatic heterocycles. The normalized spacial score (nSPS) is 13.0. The van der Waals surface area contributed by atoms with Gasteiger partial charge in [-0.2, -0.15) is 0 Å². The highest BCUT2D eigenvalue weighted by Gasteiger charge is 2.14. The van der Waals surface area contributed by atoms with Gasteiger partial charge in [-0.3, -0.25) is 10.1 Å². The monoisotopic (exact) mass is 335 g/mol. The third-order valence-electron chi connectivity index (χ3n) is 2.06. The molecule has 1 unspecified atom stereocenters. The number of nitrogens with one attached hydrogen (secondary N) is 1. The van der Waals surface area contributed by atoms with Crippen molar-refractivity contribution in [3.8, 4) is 5.75 Å². The summed E-state index contributed by atoms with van der Waals surface area (Å²) in [5, 5.41) is 13.5. The molecule has 8 heteroatoms. The zero-order valence-corrected chi connectivity index (χ0v) is 12.0. The van der Waals surface area contributed by atoms with Crippen LogP contribution >= 0.6 is 27.5 Å². The largest absolute Gasteiger partial charge is 0.483 e. The van der Waals surface area contributed by atoms with Gasteiger partial charge in [0.05, 0.1) is 15.6 Å². The van der Waals surface area contributed by atoms with E-state index in [-0.39, 0.29) is 0 Å². The molecule has 0 aliphatic carbocycles. The number of ether oxygens (including phenoxy) is 1. The van der Waals surface area contributed by atoms with E-state index in [1.54, 1.807) is 20.0 Å². The Morgan fingerprint density at radius 2 is 2.44 bits per heavy atom. The quantitative estimate of drug-likeness (QED) is 0.508. The minimum Gasteiger partial charge on any atom is -0.483 e. The molecule has 18 heavy (non-hydrogen) atoms. The Hall–Kier alpha value is -1.34. The molecule has 1 rings (SSSR count). The molecule has 0 saturated carbocycles. The van der Waals surface area contributed by atoms with Crippen LogP contribution in [-0.4, -0.2) is 23.1 Å². The fraction of sp³-hybridized carbons (Fsp3) is 0.300. The summed E-state index contributed by atoms with van der Waals surface area (Å²) >= 11 is 8.97. The zero-order valence-electron chi connectivity index (χ0n) is 9.68. The molecule has 1 atom stereocenters. The number of halogens is 2. The van der Waals surface area contributed by atoms with Gasteiger partial charge in [0.15, 0.2) is 0 Å². The van der Waals surface area contributed by atoms with Crippen LogP contribution in [-0.2, 0) is 0 Å². The summed E-state index contributed by atoms with van der Waals surface area (Å²) < 4.78 is 6.11. The van der Waals surface area contributed by atoms with Crippen molar-refractivity contribution in [2.24, 2.45) is 0 Å². The summed E-state index contributed by atoms with van der Waals surface area (Å²) in [6.07, 6.45) is 1.81. The van der Waals surface area contributed by atoms with Gasteiger partial charge in [-0.1, -0.05) is 11.6 Å². The molecule has 0 spiro atoms. The minimum atomic E-state index is -0.540. The lowest BCUT2D eigenvalue weighted by Gasteiger charge is -2.16. The molecule has 98 valence electrons. The average molecular weight is 337 g/mol. The van der Waals surface area contributed by atoms with E-state index in [2.05, 4.69) is 26.2 Å². The molecule has 0 saturated heterocycles. The fourth-order valence-electron chi connectivity index (χ4n) is 1.22. The molecular weight excluding hydrogens is 325 g/mol. The molecule has 6 nitrogen and oxygen atoms in total. The molecule has 0 amide bonds. The number of hydrogen-bond acceptors (Lipinski definition) is 5. The number of aromatic nitrogens is 1. The molecule has 0 radical (unpaired) electrons. The fourth-order valence-corrected chi connectivity index (χ4v) is 1.65. The van der Waals surface area contributed by atoms with Crippen LogP contribution in [0.4, 0.5) is 0 Å². The first-order chi connectivity index (χ1) is 8.43. The summed E-state index contributed by atoms with van der Waals surface area (Å²) in [4.78, 5) is 13.8. The lowest BCUT2D eigenvalue weighted by molar-refractivity contribution is -0.404. The van der Waals surface area contributed by atoms with E-state index in [0.29, 0.717) is 21.1 Å². The van der Waals surface area contributed by atoms with Gasteiger partial charge >= 0.3 is 0 Å². The van der Waals surface area contributed by atoms with Crippen LogP contribution < -0.4 is 10.1 Å². The summed E-state index contributed by atoms with van der Waals surface area (Å²) in [5.74, 6) is 0.461. The van der Waals surface area contributed by atoms with E-state index in [0.717, 1.165) is 6.20 Å². The second-order valence-electron chi connectivity index (χ2n) is 3.32. The molecule has 1 aromatic heterocycles. The van der Waals surface area contributed by atoms with Crippen LogP contribution in [0.15, 0.2) is 28.6 Å². The minimum absolute atomic E-state index is 0.324. The Morgan fingerprint density at radius 1 is 1.78 bits per heavy atom. The molecule has 1 N–H and O–H groups in total. The number of hydrogen-bond donors (Lipinski definition) is 1. The third-order valence-corrected chi connectivity index (χ3v) is 3.19. The van der Waals surface area contributed by atoms with E-state index < -0.39 is 11.0 Å². The zero-order chi connectivity index (χ0) is 13.7. The second-order valence-corrected chi connectivity index (χ2v) is 4.54. The number of nitro groups is 1. The van der Waals surface area contributed by atoms with Gasteiger partial charge in [0.25, 0.3) is 6.20 Å². The number of likely N-dealkylation sites (N-methyl/N-ethyl adjacent to an activating group) is 1. The van der Waals surface area contributed by atoms with Crippen LogP contribution in [0.2, 0.25) is 5.15 Å². The summed E-state index contributed by atoms with van der Waals surface area (Å²) in [5.41, 5.74) is 0.353. The smallest absolute Gasteiger partial charge is 0.257 e. The molecule has 0 bridgehead atoms. The van der Waals surface area contributed by atoms with Crippen LogP contribution in [0.25, 0.3) is 0 Å². The molecule has 0 fully saturated rings. The summed E-state index contributed by atoms with van der Waals surface area (Å²) in [7, 11) is 1.59. The first-order valence-electron chi connectivity index (χ1n) is 4.94. The maximum atomic E-state index is 10.4. The van der Waals surface area contributed by atoms with Gasteiger partial charge in [0.2, 0.25) is 0 Å². The van der Waals surface area contributed by atoms with Crippen LogP contribution in [0.3, 0.4) is 0 Å². The first-order valence-corrected chi connectivity index (χ1v) is 6.11. The standard InChI is InChI=1S/C10H11BrClN3O3/c1-6(9(13-2)5-15(16)17)18-7-3-8(11)10(12)14-4-7/h3-6,13H,1-2H3/b9-5-. The van der Waals surface area contributed by atoms with E-state index in [9.17, 15) is 10.1 Å². The van der Waals surface area contributed by atoms with E-state index in [1.807, 2.05) is 0 Å². The number of pyridine rings is 1. The van der Waals surface area contributed by atoms with Crippen LogP contribution in [0, 0.1) is 10.1 Å². The number of nitrogens with zero attached hydrogens (tertiary/aromatic N) is 2. The van der Waals surface area contributed by atoms with Crippen molar-refractivity contribution >= 4 is 27.5 Å². The Bertz CT molecular complexity index is 481. The Labute approximate surface area is 117 Å². The Kier molecular flexibility index (Phi) is 5.36. The van der Waals surface area contributed by atoms with E-state index >= 15 is 0 Å². The second kappa shape index (κ2) is 6.55. The summed E-state index contributed by atoms with van der Waals surface area (Å²) in [6.45, 7) is 1.69. The lowest BCUT2D eigenvalue weighted by Crippen LogP contribution is -2.25. The predicted octanol–water partition coefficient (Wildman–Crippen LogP) is 2.60. The maximum absolute atomic E-state index is 10.4. The van der Waals surface area contributed by atoms with E-state index in [4.69, 9.17) is 16.3 Å². The SMILES string of the molecule is CN/C(=C\[N+](=O)[O-])C(C)Oc1cnc(Cl)c(Br)c1. The van der Waals surface area contributed by atoms with Crippen molar-refractivity contribution in [2.45, 2.75) is 13.0 Å². The van der Waals surface area contributed by atoms with Crippen molar-refractivity contribution in [1.29, 1.82) is 0 Å². The van der Waals surface area contributed by atoms with Crippen LogP contribution in [0.5, 0.6) is 5.75 Å². The van der Waals surface area contributed by atoms with Crippen molar-refractivity contribution in [1.82, 2.24) is 10.3 Å². The van der Waals surface area contributed by atoms with Gasteiger partial charge < -0.3 is 10.1 Å². The third kappa shape index (κ3) is 4.15.